The van der Waals surface area contributed by atoms with Crippen molar-refractivity contribution in [3.05, 3.63) is 99.2 Å². The van der Waals surface area contributed by atoms with Gasteiger partial charge in [0.1, 0.15) is 5.75 Å². The number of nitrogens with zero attached hydrogens (tertiary/aromatic N) is 1. The molecule has 5 nitrogen and oxygen atoms in total. The number of hydrogen-bond donors (Lipinski definition) is 2. The lowest BCUT2D eigenvalue weighted by Crippen LogP contribution is -2.29. The maximum Gasteiger partial charge on any atom is 0.303 e. The summed E-state index contributed by atoms with van der Waals surface area (Å²) in [4.78, 5) is 13.1. The second-order valence-electron chi connectivity index (χ2n) is 11.3. The Balaban J connectivity index is 1.49. The number of aliphatic carboxylic acids is 1. The predicted molar refractivity (Wildman–Crippen MR) is 164 cm³/mol. The molecule has 222 valence electrons. The van der Waals surface area contributed by atoms with Crippen LogP contribution in [0.1, 0.15) is 73.7 Å². The van der Waals surface area contributed by atoms with Crippen molar-refractivity contribution in [2.75, 3.05) is 23.9 Å². The number of halogens is 3. The van der Waals surface area contributed by atoms with Crippen LogP contribution in [0.5, 0.6) is 5.75 Å². The average molecular weight is 595 g/mol. The molecule has 1 fully saturated rings. The van der Waals surface area contributed by atoms with Crippen LogP contribution in [0.3, 0.4) is 0 Å². The fourth-order valence-electron chi connectivity index (χ4n) is 5.69. The molecule has 1 unspecified atom stereocenters. The highest BCUT2D eigenvalue weighted by Crippen LogP contribution is 2.46. The number of aryl methyl sites for hydroxylation is 1. The predicted octanol–water partition coefficient (Wildman–Crippen LogP) is 8.91. The summed E-state index contributed by atoms with van der Waals surface area (Å²) in [5.74, 6) is -2.96. The van der Waals surface area contributed by atoms with E-state index >= 15 is 0 Å². The number of allylic oxidation sites excluding steroid dienone is 1. The lowest BCUT2D eigenvalue weighted by atomic mass is 9.99. The summed E-state index contributed by atoms with van der Waals surface area (Å²) in [5, 5.41) is 13.3. The summed E-state index contributed by atoms with van der Waals surface area (Å²) in [6, 6.07) is 18.7. The maximum absolute atomic E-state index is 14.4. The zero-order valence-corrected chi connectivity index (χ0v) is 24.8. The van der Waals surface area contributed by atoms with Gasteiger partial charge < -0.3 is 20.1 Å². The summed E-state index contributed by atoms with van der Waals surface area (Å²) in [6.07, 6.45) is 6.09. The first-order valence-electron chi connectivity index (χ1n) is 14.5. The van der Waals surface area contributed by atoms with E-state index in [-0.39, 0.29) is 18.0 Å². The van der Waals surface area contributed by atoms with Crippen molar-refractivity contribution in [1.82, 2.24) is 0 Å². The zero-order valence-electron chi connectivity index (χ0n) is 24.1. The van der Waals surface area contributed by atoms with Crippen molar-refractivity contribution in [1.29, 1.82) is 0 Å². The van der Waals surface area contributed by atoms with E-state index in [1.165, 1.54) is 5.57 Å². The first-order valence-corrected chi connectivity index (χ1v) is 14.9. The quantitative estimate of drug-likeness (QED) is 0.193. The monoisotopic (exact) mass is 594 g/mol. The van der Waals surface area contributed by atoms with Gasteiger partial charge in [0.25, 0.3) is 5.92 Å². The van der Waals surface area contributed by atoms with E-state index in [4.69, 9.17) is 21.4 Å². The third kappa shape index (κ3) is 7.24. The molecule has 3 aromatic rings. The lowest BCUT2D eigenvalue weighted by Gasteiger charge is -2.32. The second-order valence-corrected chi connectivity index (χ2v) is 11.7. The molecule has 1 aliphatic carbocycles. The van der Waals surface area contributed by atoms with Crippen LogP contribution in [-0.4, -0.2) is 24.7 Å². The molecule has 0 saturated heterocycles. The minimum absolute atomic E-state index is 0.0186. The largest absolute Gasteiger partial charge is 0.497 e. The molecule has 42 heavy (non-hydrogen) atoms. The number of fused-ring (bicyclic) bond motifs is 1. The molecular weight excluding hydrogens is 558 g/mol. The summed E-state index contributed by atoms with van der Waals surface area (Å²) in [6.45, 7) is 1.66. The molecule has 0 amide bonds. The van der Waals surface area contributed by atoms with Gasteiger partial charge in [0.2, 0.25) is 0 Å². The first kappa shape index (κ1) is 29.9. The number of carbonyl (C=O) groups is 1. The van der Waals surface area contributed by atoms with Gasteiger partial charge in [-0.2, -0.15) is 0 Å². The summed E-state index contributed by atoms with van der Waals surface area (Å²) < 4.78 is 34.3. The van der Waals surface area contributed by atoms with Gasteiger partial charge in [0.05, 0.1) is 13.2 Å². The highest BCUT2D eigenvalue weighted by Gasteiger charge is 2.35. The van der Waals surface area contributed by atoms with E-state index in [1.807, 2.05) is 42.5 Å². The lowest BCUT2D eigenvalue weighted by molar-refractivity contribution is -0.137. The van der Waals surface area contributed by atoms with Crippen LogP contribution in [0.2, 0.25) is 5.02 Å². The second kappa shape index (κ2) is 12.7. The Morgan fingerprint density at radius 1 is 1.05 bits per heavy atom. The molecule has 3 aromatic carbocycles. The molecule has 0 spiro atoms. The van der Waals surface area contributed by atoms with E-state index in [2.05, 4.69) is 16.3 Å². The molecule has 0 bridgehead atoms. The number of carboxylic acid groups (broad SMARTS) is 1. The number of nitrogens with one attached hydrogen (secondary N) is 1. The standard InChI is InChI=1S/C34H37ClF2N2O3/c1-34(36,37)26-13-10-23-16-17-39(30(23)20-26)33(25-8-9-25)32(24-11-14-27(35)15-12-24)38-28-18-22(19-29(21-28)42-2)6-4-3-5-7-31(40)41/h10-15,18-21,32,38H,3-9,16-17H2,1-2H3,(H,40,41). The Morgan fingerprint density at radius 3 is 2.48 bits per heavy atom. The Bertz CT molecular complexity index is 1460. The van der Waals surface area contributed by atoms with Crippen LogP contribution in [0.4, 0.5) is 20.2 Å². The molecule has 0 aromatic heterocycles. The fraction of sp³-hybridized carbons (Fsp3) is 0.382. The number of carboxylic acids is 1. The number of benzene rings is 3. The number of unbranched alkanes of at least 4 members (excludes halogenated alkanes) is 2. The van der Waals surface area contributed by atoms with E-state index in [0.29, 0.717) is 11.4 Å². The third-order valence-corrected chi connectivity index (χ3v) is 8.24. The van der Waals surface area contributed by atoms with Gasteiger partial charge in [-0.25, -0.2) is 8.78 Å². The Kier molecular flexibility index (Phi) is 9.07. The Morgan fingerprint density at radius 2 is 1.81 bits per heavy atom. The topological polar surface area (TPSA) is 61.8 Å². The van der Waals surface area contributed by atoms with E-state index in [0.717, 1.165) is 91.5 Å². The zero-order chi connectivity index (χ0) is 29.9. The minimum atomic E-state index is -2.92. The molecule has 8 heteroatoms. The number of alkyl halides is 2. The minimum Gasteiger partial charge on any atom is -0.497 e. The first-order chi connectivity index (χ1) is 20.1. The number of anilines is 2. The third-order valence-electron chi connectivity index (χ3n) is 7.99. The van der Waals surface area contributed by atoms with Gasteiger partial charge in [0.15, 0.2) is 0 Å². The van der Waals surface area contributed by atoms with Crippen molar-refractivity contribution in [3.8, 4) is 5.75 Å². The van der Waals surface area contributed by atoms with Gasteiger partial charge in [-0.3, -0.25) is 4.79 Å². The van der Waals surface area contributed by atoms with Crippen LogP contribution in [-0.2, 0) is 23.6 Å². The van der Waals surface area contributed by atoms with Crippen molar-refractivity contribution in [2.24, 2.45) is 0 Å². The molecule has 1 heterocycles. The van der Waals surface area contributed by atoms with Gasteiger partial charge in [-0.15, -0.1) is 0 Å². The number of methoxy groups -OCH3 is 1. The van der Waals surface area contributed by atoms with Crippen LogP contribution in [0, 0.1) is 0 Å². The van der Waals surface area contributed by atoms with Crippen molar-refractivity contribution < 1.29 is 23.4 Å². The molecule has 1 aliphatic heterocycles. The summed E-state index contributed by atoms with van der Waals surface area (Å²) >= 11 is 6.27. The average Bonchev–Trinajstić information content (AvgIpc) is 3.71. The van der Waals surface area contributed by atoms with Gasteiger partial charge >= 0.3 is 5.97 Å². The number of ether oxygens (including phenoxy) is 1. The van der Waals surface area contributed by atoms with Crippen LogP contribution in [0.15, 0.2) is 71.9 Å². The molecule has 2 N–H and O–H groups in total. The van der Waals surface area contributed by atoms with Gasteiger partial charge in [-0.1, -0.05) is 42.3 Å². The molecule has 1 saturated carbocycles. The van der Waals surface area contributed by atoms with E-state index in [1.54, 1.807) is 19.2 Å². The SMILES string of the molecule is COc1cc(CCCCCC(=O)O)cc(NC(C(=C2CC2)N2CCc3ccc(C(C)(F)F)cc32)c2ccc(Cl)cc2)c1. The molecule has 2 aliphatic rings. The van der Waals surface area contributed by atoms with E-state index < -0.39 is 11.9 Å². The van der Waals surface area contributed by atoms with Gasteiger partial charge in [-0.05, 0) is 91.1 Å². The normalized spacial score (nSPS) is 14.9. The molecular formula is C34H37ClF2N2O3. The highest BCUT2D eigenvalue weighted by molar-refractivity contribution is 6.30. The van der Waals surface area contributed by atoms with Gasteiger partial charge in [0, 0.05) is 53.6 Å². The fourth-order valence-corrected chi connectivity index (χ4v) is 5.82. The molecule has 0 radical (unpaired) electrons. The number of hydrogen-bond acceptors (Lipinski definition) is 4. The van der Waals surface area contributed by atoms with Crippen LogP contribution >= 0.6 is 11.6 Å². The molecule has 5 rings (SSSR count). The summed E-state index contributed by atoms with van der Waals surface area (Å²) in [5.41, 5.74) is 7.37. The Hall–Kier alpha value is -3.58. The van der Waals surface area contributed by atoms with Crippen LogP contribution in [0.25, 0.3) is 0 Å². The summed E-state index contributed by atoms with van der Waals surface area (Å²) in [7, 11) is 1.65. The smallest absolute Gasteiger partial charge is 0.303 e. The number of rotatable bonds is 13. The van der Waals surface area contributed by atoms with Crippen molar-refractivity contribution in [3.63, 3.8) is 0 Å². The molecule has 1 atom stereocenters. The van der Waals surface area contributed by atoms with Crippen molar-refractivity contribution in [2.45, 2.75) is 70.3 Å². The highest BCUT2D eigenvalue weighted by atomic mass is 35.5. The Labute approximate surface area is 251 Å². The van der Waals surface area contributed by atoms with E-state index in [9.17, 15) is 13.6 Å². The maximum atomic E-state index is 14.4. The van der Waals surface area contributed by atoms with Crippen molar-refractivity contribution >= 4 is 28.9 Å². The van der Waals surface area contributed by atoms with Crippen LogP contribution < -0.4 is 15.0 Å².